The zero-order valence-corrected chi connectivity index (χ0v) is 9.90. The topological polar surface area (TPSA) is 67.8 Å². The first-order chi connectivity index (χ1) is 7.45. The standard InChI is InChI=1S/C12H18N2O2/c1-12(2,3)9-6-4-5-7-10(9)16-8-11(13)14-15/h4-7,15H,8H2,1-3H3,(H2,13,14). The van der Waals surface area contributed by atoms with Crippen molar-refractivity contribution in [2.75, 3.05) is 6.61 Å². The van der Waals surface area contributed by atoms with E-state index in [0.29, 0.717) is 0 Å². The number of nitrogens with zero attached hydrogens (tertiary/aromatic N) is 1. The SMILES string of the molecule is CC(C)(C)c1ccccc1OCC(N)=NO. The molecule has 0 heterocycles. The summed E-state index contributed by atoms with van der Waals surface area (Å²) in [5, 5.41) is 11.3. The van der Waals surface area contributed by atoms with Crippen LogP contribution in [0.2, 0.25) is 0 Å². The molecular formula is C12H18N2O2. The number of para-hydroxylation sites is 1. The van der Waals surface area contributed by atoms with Crippen LogP contribution in [0.15, 0.2) is 29.4 Å². The summed E-state index contributed by atoms with van der Waals surface area (Å²) in [5.74, 6) is 0.824. The molecule has 0 radical (unpaired) electrons. The number of oxime groups is 1. The Balaban J connectivity index is 2.88. The van der Waals surface area contributed by atoms with Crippen LogP contribution < -0.4 is 10.5 Å². The molecular weight excluding hydrogens is 204 g/mol. The second-order valence-corrected chi connectivity index (χ2v) is 4.63. The van der Waals surface area contributed by atoms with Gasteiger partial charge in [0.15, 0.2) is 5.84 Å². The van der Waals surface area contributed by atoms with Crippen molar-refractivity contribution in [2.45, 2.75) is 26.2 Å². The van der Waals surface area contributed by atoms with Crippen LogP contribution in [0.25, 0.3) is 0 Å². The largest absolute Gasteiger partial charge is 0.485 e. The van der Waals surface area contributed by atoms with Crippen molar-refractivity contribution in [3.63, 3.8) is 0 Å². The van der Waals surface area contributed by atoms with Crippen molar-refractivity contribution in [3.05, 3.63) is 29.8 Å². The van der Waals surface area contributed by atoms with Gasteiger partial charge in [0, 0.05) is 0 Å². The normalized spacial score (nSPS) is 12.6. The first-order valence-electron chi connectivity index (χ1n) is 5.14. The second kappa shape index (κ2) is 4.88. The smallest absolute Gasteiger partial charge is 0.177 e. The van der Waals surface area contributed by atoms with Crippen LogP contribution in [0, 0.1) is 0 Å². The van der Waals surface area contributed by atoms with Crippen molar-refractivity contribution in [3.8, 4) is 5.75 Å². The van der Waals surface area contributed by atoms with Gasteiger partial charge in [0.1, 0.15) is 12.4 Å². The summed E-state index contributed by atoms with van der Waals surface area (Å²) >= 11 is 0. The highest BCUT2D eigenvalue weighted by molar-refractivity contribution is 5.81. The Hall–Kier alpha value is -1.71. The molecule has 3 N–H and O–H groups in total. The van der Waals surface area contributed by atoms with Gasteiger partial charge in [-0.2, -0.15) is 0 Å². The average Bonchev–Trinajstić information content (AvgIpc) is 2.25. The summed E-state index contributed by atoms with van der Waals surface area (Å²) in [6.07, 6.45) is 0. The molecule has 0 aromatic heterocycles. The van der Waals surface area contributed by atoms with Gasteiger partial charge in [-0.25, -0.2) is 0 Å². The van der Waals surface area contributed by atoms with Gasteiger partial charge in [-0.1, -0.05) is 44.1 Å². The van der Waals surface area contributed by atoms with Gasteiger partial charge in [0.25, 0.3) is 0 Å². The van der Waals surface area contributed by atoms with E-state index in [9.17, 15) is 0 Å². The molecule has 0 fully saturated rings. The predicted octanol–water partition coefficient (Wildman–Crippen LogP) is 2.11. The average molecular weight is 222 g/mol. The highest BCUT2D eigenvalue weighted by Gasteiger charge is 2.18. The number of amidine groups is 1. The van der Waals surface area contributed by atoms with Crippen molar-refractivity contribution >= 4 is 5.84 Å². The van der Waals surface area contributed by atoms with E-state index < -0.39 is 0 Å². The van der Waals surface area contributed by atoms with Gasteiger partial charge in [0.05, 0.1) is 0 Å². The molecule has 0 amide bonds. The third-order valence-corrected chi connectivity index (χ3v) is 2.20. The fourth-order valence-corrected chi connectivity index (χ4v) is 1.39. The molecule has 0 saturated carbocycles. The first kappa shape index (κ1) is 12.4. The lowest BCUT2D eigenvalue weighted by Gasteiger charge is -2.22. The molecule has 1 aromatic carbocycles. The van der Waals surface area contributed by atoms with Crippen LogP contribution in [0.4, 0.5) is 0 Å². The Bertz CT molecular complexity index is 381. The predicted molar refractivity (Wildman–Crippen MR) is 64.0 cm³/mol. The third kappa shape index (κ3) is 3.15. The minimum Gasteiger partial charge on any atom is -0.485 e. The lowest BCUT2D eigenvalue weighted by molar-refractivity contribution is 0.305. The summed E-state index contributed by atoms with van der Waals surface area (Å²) in [5.41, 5.74) is 6.45. The highest BCUT2D eigenvalue weighted by Crippen LogP contribution is 2.30. The summed E-state index contributed by atoms with van der Waals surface area (Å²) in [6.45, 7) is 6.42. The first-order valence-corrected chi connectivity index (χ1v) is 5.14. The van der Waals surface area contributed by atoms with Crippen molar-refractivity contribution in [2.24, 2.45) is 10.9 Å². The molecule has 0 saturated heterocycles. The number of hydrogen-bond acceptors (Lipinski definition) is 3. The molecule has 0 aliphatic rings. The van der Waals surface area contributed by atoms with Crippen LogP contribution >= 0.6 is 0 Å². The number of ether oxygens (including phenoxy) is 1. The van der Waals surface area contributed by atoms with Gasteiger partial charge < -0.3 is 15.7 Å². The second-order valence-electron chi connectivity index (χ2n) is 4.63. The number of benzene rings is 1. The molecule has 88 valence electrons. The molecule has 1 aromatic rings. The number of rotatable bonds is 3. The monoisotopic (exact) mass is 222 g/mol. The van der Waals surface area contributed by atoms with Crippen LogP contribution in [-0.4, -0.2) is 17.6 Å². The fourth-order valence-electron chi connectivity index (χ4n) is 1.39. The van der Waals surface area contributed by atoms with Gasteiger partial charge in [0.2, 0.25) is 0 Å². The molecule has 1 rings (SSSR count). The van der Waals surface area contributed by atoms with Crippen molar-refractivity contribution in [1.29, 1.82) is 0 Å². The molecule has 0 bridgehead atoms. The van der Waals surface area contributed by atoms with E-state index in [1.807, 2.05) is 24.3 Å². The van der Waals surface area contributed by atoms with E-state index in [1.165, 1.54) is 0 Å². The quantitative estimate of drug-likeness (QED) is 0.356. The molecule has 4 nitrogen and oxygen atoms in total. The maximum absolute atomic E-state index is 8.42. The molecule has 0 atom stereocenters. The summed E-state index contributed by atoms with van der Waals surface area (Å²) in [4.78, 5) is 0. The maximum Gasteiger partial charge on any atom is 0.177 e. The third-order valence-electron chi connectivity index (χ3n) is 2.20. The van der Waals surface area contributed by atoms with Crippen LogP contribution in [0.5, 0.6) is 5.75 Å². The van der Waals surface area contributed by atoms with E-state index >= 15 is 0 Å². The highest BCUT2D eigenvalue weighted by atomic mass is 16.5. The molecule has 16 heavy (non-hydrogen) atoms. The van der Waals surface area contributed by atoms with E-state index in [1.54, 1.807) is 0 Å². The Kier molecular flexibility index (Phi) is 3.77. The Labute approximate surface area is 95.7 Å². The van der Waals surface area contributed by atoms with E-state index in [2.05, 4.69) is 25.9 Å². The zero-order valence-electron chi connectivity index (χ0n) is 9.90. The van der Waals surface area contributed by atoms with E-state index in [0.717, 1.165) is 11.3 Å². The van der Waals surface area contributed by atoms with Crippen molar-refractivity contribution < 1.29 is 9.94 Å². The van der Waals surface area contributed by atoms with E-state index in [-0.39, 0.29) is 17.9 Å². The van der Waals surface area contributed by atoms with Gasteiger partial charge >= 0.3 is 0 Å². The molecule has 0 aliphatic carbocycles. The van der Waals surface area contributed by atoms with Crippen molar-refractivity contribution in [1.82, 2.24) is 0 Å². The number of hydrogen-bond donors (Lipinski definition) is 2. The minimum atomic E-state index is 0.00170. The lowest BCUT2D eigenvalue weighted by Crippen LogP contribution is -2.22. The van der Waals surface area contributed by atoms with Crippen LogP contribution in [0.3, 0.4) is 0 Å². The van der Waals surface area contributed by atoms with Crippen LogP contribution in [-0.2, 0) is 5.41 Å². The Morgan fingerprint density at radius 2 is 2.00 bits per heavy atom. The summed E-state index contributed by atoms with van der Waals surface area (Å²) in [7, 11) is 0. The fraction of sp³-hybridized carbons (Fsp3) is 0.417. The molecule has 0 aliphatic heterocycles. The van der Waals surface area contributed by atoms with Gasteiger partial charge in [-0.3, -0.25) is 0 Å². The Morgan fingerprint density at radius 1 is 1.38 bits per heavy atom. The lowest BCUT2D eigenvalue weighted by atomic mass is 9.86. The van der Waals surface area contributed by atoms with Crippen LogP contribution in [0.1, 0.15) is 26.3 Å². The zero-order chi connectivity index (χ0) is 12.2. The van der Waals surface area contributed by atoms with Gasteiger partial charge in [-0.05, 0) is 17.0 Å². The Morgan fingerprint density at radius 3 is 2.56 bits per heavy atom. The minimum absolute atomic E-state index is 0.00170. The maximum atomic E-state index is 8.42. The van der Waals surface area contributed by atoms with E-state index in [4.69, 9.17) is 15.7 Å². The molecule has 4 heteroatoms. The molecule has 0 unspecified atom stereocenters. The van der Waals surface area contributed by atoms with Gasteiger partial charge in [-0.15, -0.1) is 0 Å². The number of nitrogens with two attached hydrogens (primary N) is 1. The summed E-state index contributed by atoms with van der Waals surface area (Å²) < 4.78 is 5.50. The molecule has 0 spiro atoms. The summed E-state index contributed by atoms with van der Waals surface area (Å²) in [6, 6.07) is 7.76.